The van der Waals surface area contributed by atoms with Crippen molar-refractivity contribution in [1.29, 1.82) is 0 Å². The van der Waals surface area contributed by atoms with Crippen LogP contribution in [-0.2, 0) is 27.2 Å². The molecule has 3 aromatic rings. The number of carbonyl (C=O) groups excluding carboxylic acids is 1. The second-order valence-corrected chi connectivity index (χ2v) is 9.45. The van der Waals surface area contributed by atoms with E-state index in [-0.39, 0.29) is 40.4 Å². The molecule has 0 unspecified atom stereocenters. The zero-order valence-electron chi connectivity index (χ0n) is 17.8. The van der Waals surface area contributed by atoms with Gasteiger partial charge in [0.15, 0.2) is 15.7 Å². The smallest absolute Gasteiger partial charge is 0.398 e. The first-order chi connectivity index (χ1) is 15.8. The summed E-state index contributed by atoms with van der Waals surface area (Å²) in [5.41, 5.74) is 5.94. The monoisotopic (exact) mass is 496 g/mol. The Bertz CT molecular complexity index is 1330. The third-order valence-electron chi connectivity index (χ3n) is 4.87. The SMILES string of the molecule is CS(=O)(=O)c1cccc(/C(N)=C(\CCc2ccc(F)cc2)C(=O)Nc2cc(C(F)(F)F)[nH]n2)c1. The van der Waals surface area contributed by atoms with Gasteiger partial charge in [0.1, 0.15) is 11.5 Å². The van der Waals surface area contributed by atoms with Crippen LogP contribution in [-0.4, -0.2) is 30.8 Å². The molecule has 1 aromatic heterocycles. The van der Waals surface area contributed by atoms with Crippen LogP contribution in [0.2, 0.25) is 0 Å². The number of benzene rings is 2. The molecule has 0 saturated heterocycles. The van der Waals surface area contributed by atoms with Crippen LogP contribution in [0.15, 0.2) is 65.1 Å². The van der Waals surface area contributed by atoms with E-state index in [1.54, 1.807) is 5.10 Å². The number of carbonyl (C=O) groups is 1. The lowest BCUT2D eigenvalue weighted by molar-refractivity contribution is -0.141. The van der Waals surface area contributed by atoms with Crippen LogP contribution in [0.4, 0.5) is 23.4 Å². The summed E-state index contributed by atoms with van der Waals surface area (Å²) in [6.07, 6.45) is -3.38. The van der Waals surface area contributed by atoms with E-state index in [1.165, 1.54) is 48.5 Å². The third kappa shape index (κ3) is 6.22. The summed E-state index contributed by atoms with van der Waals surface area (Å²) in [5.74, 6) is -1.62. The molecule has 0 aliphatic carbocycles. The standard InChI is InChI=1S/C22H20F4N4O3S/c1-34(32,33)16-4-2-3-14(11-16)20(27)17(10-7-13-5-8-15(23)9-6-13)21(31)28-19-12-18(29-30-19)22(24,25)26/h2-6,8-9,11-12H,7,10,27H2,1H3,(H2,28,29,30,31)/b20-17-. The minimum atomic E-state index is -4.68. The van der Waals surface area contributed by atoms with Gasteiger partial charge in [-0.05, 0) is 48.2 Å². The number of halogens is 4. The quantitative estimate of drug-likeness (QED) is 0.339. The van der Waals surface area contributed by atoms with Gasteiger partial charge in [0, 0.05) is 23.6 Å². The van der Waals surface area contributed by atoms with E-state index in [4.69, 9.17) is 5.73 Å². The Morgan fingerprint density at radius 3 is 2.38 bits per heavy atom. The van der Waals surface area contributed by atoms with Gasteiger partial charge in [0.05, 0.1) is 4.90 Å². The largest absolute Gasteiger partial charge is 0.432 e. The van der Waals surface area contributed by atoms with E-state index < -0.39 is 33.4 Å². The Labute approximate surface area is 192 Å². The van der Waals surface area contributed by atoms with Crippen LogP contribution >= 0.6 is 0 Å². The lowest BCUT2D eigenvalue weighted by Crippen LogP contribution is -2.19. The first-order valence-corrected chi connectivity index (χ1v) is 11.7. The Hall–Kier alpha value is -3.67. The number of nitrogens with zero attached hydrogens (tertiary/aromatic N) is 1. The van der Waals surface area contributed by atoms with Crippen molar-refractivity contribution in [3.8, 4) is 0 Å². The summed E-state index contributed by atoms with van der Waals surface area (Å²) >= 11 is 0. The van der Waals surface area contributed by atoms with Gasteiger partial charge in [-0.3, -0.25) is 9.89 Å². The fourth-order valence-electron chi connectivity index (χ4n) is 3.08. The van der Waals surface area contributed by atoms with Crippen LogP contribution in [0.1, 0.15) is 23.2 Å². The summed E-state index contributed by atoms with van der Waals surface area (Å²) in [4.78, 5) is 13.0. The number of amides is 1. The van der Waals surface area contributed by atoms with Crippen molar-refractivity contribution < 1.29 is 30.8 Å². The minimum Gasteiger partial charge on any atom is -0.398 e. The molecule has 1 amide bonds. The number of hydrogen-bond donors (Lipinski definition) is 3. The van der Waals surface area contributed by atoms with Crippen molar-refractivity contribution in [3.05, 3.63) is 82.8 Å². The third-order valence-corrected chi connectivity index (χ3v) is 5.98. The molecular formula is C22H20F4N4O3S. The average molecular weight is 496 g/mol. The van der Waals surface area contributed by atoms with Crippen molar-refractivity contribution in [2.75, 3.05) is 11.6 Å². The molecule has 3 rings (SSSR count). The molecule has 7 nitrogen and oxygen atoms in total. The van der Waals surface area contributed by atoms with E-state index in [0.29, 0.717) is 11.6 Å². The highest BCUT2D eigenvalue weighted by Gasteiger charge is 2.33. The summed E-state index contributed by atoms with van der Waals surface area (Å²) in [7, 11) is -3.56. The van der Waals surface area contributed by atoms with Gasteiger partial charge in [-0.1, -0.05) is 24.3 Å². The molecule has 0 spiro atoms. The fourth-order valence-corrected chi connectivity index (χ4v) is 3.75. The maximum atomic E-state index is 13.2. The molecule has 4 N–H and O–H groups in total. The number of nitrogens with two attached hydrogens (primary N) is 1. The second-order valence-electron chi connectivity index (χ2n) is 7.44. The average Bonchev–Trinajstić information content (AvgIpc) is 3.23. The molecule has 1 heterocycles. The summed E-state index contributed by atoms with van der Waals surface area (Å²) in [6.45, 7) is 0. The van der Waals surface area contributed by atoms with E-state index in [9.17, 15) is 30.8 Å². The normalized spacial score (nSPS) is 12.9. The summed E-state index contributed by atoms with van der Waals surface area (Å²) in [6, 6.07) is 11.8. The van der Waals surface area contributed by atoms with Crippen LogP contribution in [0, 0.1) is 5.82 Å². The van der Waals surface area contributed by atoms with Crippen molar-refractivity contribution in [2.24, 2.45) is 5.73 Å². The number of aryl methyl sites for hydroxylation is 1. The zero-order chi connectivity index (χ0) is 25.1. The molecule has 180 valence electrons. The molecule has 0 atom stereocenters. The van der Waals surface area contributed by atoms with Gasteiger partial charge >= 0.3 is 6.18 Å². The van der Waals surface area contributed by atoms with E-state index in [1.807, 2.05) is 0 Å². The summed E-state index contributed by atoms with van der Waals surface area (Å²) in [5, 5.41) is 7.53. The molecule has 2 aromatic carbocycles. The van der Waals surface area contributed by atoms with Crippen LogP contribution in [0.25, 0.3) is 5.70 Å². The van der Waals surface area contributed by atoms with Crippen LogP contribution < -0.4 is 11.1 Å². The van der Waals surface area contributed by atoms with Crippen molar-refractivity contribution in [1.82, 2.24) is 10.2 Å². The maximum absolute atomic E-state index is 13.2. The molecule has 0 aliphatic heterocycles. The number of aromatic nitrogens is 2. The number of sulfone groups is 1. The highest BCUT2D eigenvalue weighted by Crippen LogP contribution is 2.29. The maximum Gasteiger partial charge on any atom is 0.432 e. The van der Waals surface area contributed by atoms with Crippen molar-refractivity contribution in [3.63, 3.8) is 0 Å². The second kappa shape index (κ2) is 9.67. The van der Waals surface area contributed by atoms with Gasteiger partial charge < -0.3 is 11.1 Å². The molecule has 34 heavy (non-hydrogen) atoms. The number of rotatable bonds is 7. The predicted molar refractivity (Wildman–Crippen MR) is 118 cm³/mol. The fraction of sp³-hybridized carbons (Fsp3) is 0.182. The van der Waals surface area contributed by atoms with Gasteiger partial charge in [-0.25, -0.2) is 12.8 Å². The number of aromatic amines is 1. The molecular weight excluding hydrogens is 476 g/mol. The highest BCUT2D eigenvalue weighted by molar-refractivity contribution is 7.90. The number of nitrogens with one attached hydrogen (secondary N) is 2. The van der Waals surface area contributed by atoms with E-state index >= 15 is 0 Å². The highest BCUT2D eigenvalue weighted by atomic mass is 32.2. The van der Waals surface area contributed by atoms with Gasteiger partial charge in [0.2, 0.25) is 0 Å². The first-order valence-electron chi connectivity index (χ1n) is 9.82. The van der Waals surface area contributed by atoms with Crippen molar-refractivity contribution >= 4 is 27.3 Å². The van der Waals surface area contributed by atoms with E-state index in [2.05, 4.69) is 10.4 Å². The molecule has 0 fully saturated rings. The van der Waals surface area contributed by atoms with Gasteiger partial charge in [-0.15, -0.1) is 0 Å². The Balaban J connectivity index is 1.96. The lowest BCUT2D eigenvalue weighted by Gasteiger charge is -2.13. The van der Waals surface area contributed by atoms with Gasteiger partial charge in [-0.2, -0.15) is 18.3 Å². The number of alkyl halides is 3. The first kappa shape index (κ1) is 25.0. The number of hydrogen-bond acceptors (Lipinski definition) is 5. The molecule has 12 heteroatoms. The Morgan fingerprint density at radius 1 is 1.12 bits per heavy atom. The van der Waals surface area contributed by atoms with Crippen LogP contribution in [0.5, 0.6) is 0 Å². The van der Waals surface area contributed by atoms with Gasteiger partial charge in [0.25, 0.3) is 5.91 Å². The van der Waals surface area contributed by atoms with E-state index in [0.717, 1.165) is 6.26 Å². The summed E-state index contributed by atoms with van der Waals surface area (Å²) < 4.78 is 75.5. The Morgan fingerprint density at radius 2 is 1.79 bits per heavy atom. The molecule has 0 radical (unpaired) electrons. The van der Waals surface area contributed by atoms with Crippen LogP contribution in [0.3, 0.4) is 0 Å². The Kier molecular flexibility index (Phi) is 7.10. The minimum absolute atomic E-state index is 0.00784. The molecule has 0 saturated carbocycles. The zero-order valence-corrected chi connectivity index (χ0v) is 18.6. The number of anilines is 1. The topological polar surface area (TPSA) is 118 Å². The predicted octanol–water partition coefficient (Wildman–Crippen LogP) is 3.91. The molecule has 0 aliphatic rings. The lowest BCUT2D eigenvalue weighted by atomic mass is 9.99. The van der Waals surface area contributed by atoms with Crippen molar-refractivity contribution in [2.45, 2.75) is 23.9 Å². The molecule has 0 bridgehead atoms. The number of H-pyrrole nitrogens is 1.